The van der Waals surface area contributed by atoms with E-state index < -0.39 is 0 Å². The van der Waals surface area contributed by atoms with Gasteiger partial charge in [0.05, 0.1) is 7.11 Å². The summed E-state index contributed by atoms with van der Waals surface area (Å²) < 4.78 is 10.6. The van der Waals surface area contributed by atoms with Gasteiger partial charge in [0.2, 0.25) is 11.7 Å². The van der Waals surface area contributed by atoms with E-state index in [9.17, 15) is 4.79 Å². The van der Waals surface area contributed by atoms with Crippen molar-refractivity contribution in [2.75, 3.05) is 19.0 Å². The number of urea groups is 1. The Balaban J connectivity index is 1.49. The van der Waals surface area contributed by atoms with Gasteiger partial charge >= 0.3 is 6.03 Å². The van der Waals surface area contributed by atoms with Gasteiger partial charge in [0.25, 0.3) is 0 Å². The average molecular weight is 378 g/mol. The van der Waals surface area contributed by atoms with Gasteiger partial charge in [-0.15, -0.1) is 0 Å². The first-order valence-corrected chi connectivity index (χ1v) is 9.26. The molecule has 3 aromatic rings. The van der Waals surface area contributed by atoms with Crippen molar-refractivity contribution in [1.82, 2.24) is 15.0 Å². The van der Waals surface area contributed by atoms with Crippen LogP contribution in [0.5, 0.6) is 5.75 Å². The number of methoxy groups -OCH3 is 1. The van der Waals surface area contributed by atoms with Gasteiger partial charge < -0.3 is 19.5 Å². The molecule has 1 aliphatic heterocycles. The van der Waals surface area contributed by atoms with Crippen LogP contribution in [0.25, 0.3) is 11.4 Å². The first-order chi connectivity index (χ1) is 13.6. The molecule has 4 rings (SSSR count). The number of hydrogen-bond acceptors (Lipinski definition) is 5. The van der Waals surface area contributed by atoms with Crippen LogP contribution in [0.2, 0.25) is 0 Å². The van der Waals surface area contributed by atoms with Crippen molar-refractivity contribution >= 4 is 11.7 Å². The number of ether oxygens (including phenoxy) is 1. The summed E-state index contributed by atoms with van der Waals surface area (Å²) in [6, 6.07) is 14.8. The lowest BCUT2D eigenvalue weighted by molar-refractivity contribution is 0.193. The molecule has 1 aliphatic rings. The number of likely N-dealkylation sites (tertiary alicyclic amines) is 1. The maximum absolute atomic E-state index is 12.8. The second-order valence-electron chi connectivity index (χ2n) is 6.84. The van der Waals surface area contributed by atoms with Gasteiger partial charge in [-0.25, -0.2) is 4.79 Å². The van der Waals surface area contributed by atoms with Crippen LogP contribution in [0.4, 0.5) is 10.5 Å². The monoisotopic (exact) mass is 378 g/mol. The van der Waals surface area contributed by atoms with Crippen molar-refractivity contribution < 1.29 is 14.1 Å². The van der Waals surface area contributed by atoms with Gasteiger partial charge in [0, 0.05) is 17.8 Å². The van der Waals surface area contributed by atoms with Gasteiger partial charge in [0.1, 0.15) is 11.8 Å². The van der Waals surface area contributed by atoms with Crippen LogP contribution in [0.15, 0.2) is 53.1 Å². The fourth-order valence-corrected chi connectivity index (χ4v) is 3.41. The number of aryl methyl sites for hydroxylation is 1. The first kappa shape index (κ1) is 18.0. The van der Waals surface area contributed by atoms with Crippen LogP contribution in [-0.4, -0.2) is 34.7 Å². The molecule has 2 amide bonds. The van der Waals surface area contributed by atoms with Crippen molar-refractivity contribution in [3.05, 3.63) is 60.0 Å². The summed E-state index contributed by atoms with van der Waals surface area (Å²) in [4.78, 5) is 19.1. The summed E-state index contributed by atoms with van der Waals surface area (Å²) in [5.74, 6) is 1.76. The van der Waals surface area contributed by atoms with E-state index in [1.807, 2.05) is 55.5 Å². The van der Waals surface area contributed by atoms with E-state index in [1.54, 1.807) is 12.0 Å². The van der Waals surface area contributed by atoms with Crippen molar-refractivity contribution in [2.45, 2.75) is 25.8 Å². The van der Waals surface area contributed by atoms with Crippen molar-refractivity contribution in [1.29, 1.82) is 0 Å². The topological polar surface area (TPSA) is 80.5 Å². The molecule has 0 spiro atoms. The predicted molar refractivity (Wildman–Crippen MR) is 105 cm³/mol. The van der Waals surface area contributed by atoms with E-state index in [1.165, 1.54) is 0 Å². The largest absolute Gasteiger partial charge is 0.497 e. The van der Waals surface area contributed by atoms with E-state index >= 15 is 0 Å². The molecule has 0 unspecified atom stereocenters. The Bertz CT molecular complexity index is 968. The molecule has 0 aliphatic carbocycles. The Morgan fingerprint density at radius 3 is 2.82 bits per heavy atom. The summed E-state index contributed by atoms with van der Waals surface area (Å²) in [6.45, 7) is 2.67. The lowest BCUT2D eigenvalue weighted by Gasteiger charge is -2.22. The standard InChI is InChI=1S/C21H22N4O3/c1-14-5-3-6-15(13-14)19-23-20(28-24-19)18-7-4-12-25(18)21(26)22-16-8-10-17(27-2)11-9-16/h3,5-6,8-11,13,18H,4,7,12H2,1-2H3,(H,22,26)/t18-/m1/s1. The predicted octanol–water partition coefficient (Wildman–Crippen LogP) is 4.42. The van der Waals surface area contributed by atoms with E-state index in [4.69, 9.17) is 9.26 Å². The third kappa shape index (κ3) is 3.69. The van der Waals surface area contributed by atoms with Crippen LogP contribution in [0.1, 0.15) is 30.3 Å². The molecule has 2 heterocycles. The van der Waals surface area contributed by atoms with Gasteiger partial charge in [-0.2, -0.15) is 4.98 Å². The molecular weight excluding hydrogens is 356 g/mol. The zero-order valence-corrected chi connectivity index (χ0v) is 15.9. The molecule has 7 heteroatoms. The summed E-state index contributed by atoms with van der Waals surface area (Å²) in [6.07, 6.45) is 1.69. The molecule has 2 aromatic carbocycles. The molecule has 28 heavy (non-hydrogen) atoms. The second-order valence-corrected chi connectivity index (χ2v) is 6.84. The van der Waals surface area contributed by atoms with Gasteiger partial charge in [-0.1, -0.05) is 28.9 Å². The number of hydrogen-bond donors (Lipinski definition) is 1. The minimum absolute atomic E-state index is 0.178. The molecule has 1 saturated heterocycles. The smallest absolute Gasteiger partial charge is 0.322 e. The van der Waals surface area contributed by atoms with Crippen molar-refractivity contribution in [2.24, 2.45) is 0 Å². The SMILES string of the molecule is COc1ccc(NC(=O)N2CCC[C@@H]2c2nc(-c3cccc(C)c3)no2)cc1. The number of carbonyl (C=O) groups is 1. The first-order valence-electron chi connectivity index (χ1n) is 9.26. The quantitative estimate of drug-likeness (QED) is 0.727. The molecule has 144 valence electrons. The van der Waals surface area contributed by atoms with E-state index in [0.29, 0.717) is 23.9 Å². The minimum Gasteiger partial charge on any atom is -0.497 e. The maximum Gasteiger partial charge on any atom is 0.322 e. The Hall–Kier alpha value is -3.35. The van der Waals surface area contributed by atoms with Crippen molar-refractivity contribution in [3.63, 3.8) is 0 Å². The Kier molecular flexibility index (Phi) is 4.97. The molecule has 1 N–H and O–H groups in total. The molecule has 1 fully saturated rings. The molecule has 1 aromatic heterocycles. The lowest BCUT2D eigenvalue weighted by Crippen LogP contribution is -2.34. The fourth-order valence-electron chi connectivity index (χ4n) is 3.41. The number of carbonyl (C=O) groups excluding carboxylic acids is 1. The highest BCUT2D eigenvalue weighted by Crippen LogP contribution is 2.32. The second kappa shape index (κ2) is 7.72. The highest BCUT2D eigenvalue weighted by atomic mass is 16.5. The maximum atomic E-state index is 12.8. The molecule has 7 nitrogen and oxygen atoms in total. The number of nitrogens with one attached hydrogen (secondary N) is 1. The van der Waals surface area contributed by atoms with Crippen LogP contribution in [0.3, 0.4) is 0 Å². The van der Waals surface area contributed by atoms with Crippen molar-refractivity contribution in [3.8, 4) is 17.1 Å². The van der Waals surface area contributed by atoms with Gasteiger partial charge in [-0.3, -0.25) is 0 Å². The molecular formula is C21H22N4O3. The summed E-state index contributed by atoms with van der Waals surface area (Å²) in [5.41, 5.74) is 2.75. The van der Waals surface area contributed by atoms with E-state index in [2.05, 4.69) is 15.5 Å². The van der Waals surface area contributed by atoms with Crippen LogP contribution in [-0.2, 0) is 0 Å². The minimum atomic E-state index is -0.218. The molecule has 0 saturated carbocycles. The summed E-state index contributed by atoms with van der Waals surface area (Å²) in [7, 11) is 1.61. The normalized spacial score (nSPS) is 16.2. The Labute approximate surface area is 163 Å². The number of benzene rings is 2. The molecule has 1 atom stereocenters. The van der Waals surface area contributed by atoms with Gasteiger partial charge in [0.15, 0.2) is 0 Å². The van der Waals surface area contributed by atoms with E-state index in [0.717, 1.165) is 29.7 Å². The van der Waals surface area contributed by atoms with Gasteiger partial charge in [-0.05, 0) is 50.1 Å². The highest BCUT2D eigenvalue weighted by Gasteiger charge is 2.34. The molecule has 0 radical (unpaired) electrons. The van der Waals surface area contributed by atoms with Crippen LogP contribution >= 0.6 is 0 Å². The zero-order chi connectivity index (χ0) is 19.5. The lowest BCUT2D eigenvalue weighted by atomic mass is 10.1. The van der Waals surface area contributed by atoms with E-state index in [-0.39, 0.29) is 12.1 Å². The summed E-state index contributed by atoms with van der Waals surface area (Å²) in [5, 5.41) is 7.03. The third-order valence-corrected chi connectivity index (χ3v) is 4.86. The number of amides is 2. The Morgan fingerprint density at radius 2 is 2.07 bits per heavy atom. The Morgan fingerprint density at radius 1 is 1.25 bits per heavy atom. The number of anilines is 1. The highest BCUT2D eigenvalue weighted by molar-refractivity contribution is 5.89. The molecule has 0 bridgehead atoms. The number of nitrogens with zero attached hydrogens (tertiary/aromatic N) is 3. The fraction of sp³-hybridized carbons (Fsp3) is 0.286. The summed E-state index contributed by atoms with van der Waals surface area (Å²) >= 11 is 0. The number of rotatable bonds is 4. The van der Waals surface area contributed by atoms with Crippen LogP contribution in [0, 0.1) is 6.92 Å². The third-order valence-electron chi connectivity index (χ3n) is 4.86. The van der Waals surface area contributed by atoms with Crippen LogP contribution < -0.4 is 10.1 Å². The zero-order valence-electron chi connectivity index (χ0n) is 15.9. The average Bonchev–Trinajstić information content (AvgIpc) is 3.38. The number of aromatic nitrogens is 2.